The van der Waals surface area contributed by atoms with Crippen LogP contribution in [0.5, 0.6) is 0 Å². The van der Waals surface area contributed by atoms with E-state index in [4.69, 9.17) is 19.5 Å². The predicted octanol–water partition coefficient (Wildman–Crippen LogP) is 12.0. The van der Waals surface area contributed by atoms with E-state index in [2.05, 4.69) is 18.2 Å². The van der Waals surface area contributed by atoms with Gasteiger partial charge in [0, 0.05) is 10.8 Å². The number of hydrogen-bond donors (Lipinski definition) is 0. The molecule has 0 saturated heterocycles. The van der Waals surface area contributed by atoms with Crippen LogP contribution in [-0.4, -0.2) is 0 Å². The topological polar surface area (TPSA) is 13.1 Å². The third kappa shape index (κ3) is 3.94. The van der Waals surface area contributed by atoms with E-state index < -0.39 is 85.0 Å². The molecule has 0 N–H and O–H groups in total. The summed E-state index contributed by atoms with van der Waals surface area (Å²) in [7, 11) is 0. The molecule has 0 spiro atoms. The molecule has 0 aliphatic carbocycles. The van der Waals surface area contributed by atoms with Crippen molar-refractivity contribution in [1.29, 1.82) is 0 Å². The molecule has 9 rings (SSSR count). The van der Waals surface area contributed by atoms with Crippen molar-refractivity contribution in [2.75, 3.05) is 0 Å². The fourth-order valence-electron chi connectivity index (χ4n) is 6.29. The molecule has 0 radical (unpaired) electrons. The van der Waals surface area contributed by atoms with E-state index in [9.17, 15) is 2.74 Å². The average molecular weight is 574 g/mol. The molecule has 0 amide bonds. The molecule has 0 fully saturated rings. The number of furan rings is 1. The monoisotopic (exact) mass is 573 g/mol. The summed E-state index contributed by atoms with van der Waals surface area (Å²) in [6, 6.07) is 18.2. The van der Waals surface area contributed by atoms with Crippen LogP contribution in [0.1, 0.15) is 28.9 Å². The first-order chi connectivity index (χ1) is 27.2. The van der Waals surface area contributed by atoms with Crippen LogP contribution in [0.15, 0.2) is 162 Å². The van der Waals surface area contributed by atoms with E-state index in [0.29, 0.717) is 16.7 Å². The lowest BCUT2D eigenvalue weighted by molar-refractivity contribution is 0.669. The van der Waals surface area contributed by atoms with E-state index >= 15 is 0 Å². The highest BCUT2D eigenvalue weighted by molar-refractivity contribution is 6.16. The smallest absolute Gasteiger partial charge is 0.136 e. The van der Waals surface area contributed by atoms with Crippen molar-refractivity contribution in [2.24, 2.45) is 0 Å². The van der Waals surface area contributed by atoms with Gasteiger partial charge in [0.25, 0.3) is 0 Å². The number of rotatable bonds is 4. The van der Waals surface area contributed by atoms with Gasteiger partial charge in [0.2, 0.25) is 0 Å². The molecule has 1 heterocycles. The van der Waals surface area contributed by atoms with Crippen LogP contribution in [-0.2, 0) is 6.42 Å². The minimum atomic E-state index is -0.617. The molecular formula is C43H28O. The molecular weight excluding hydrogens is 532 g/mol. The second kappa shape index (κ2) is 9.97. The lowest BCUT2D eigenvalue weighted by Crippen LogP contribution is -1.95. The summed E-state index contributed by atoms with van der Waals surface area (Å²) in [6.45, 7) is 0. The zero-order valence-corrected chi connectivity index (χ0v) is 23.1. The van der Waals surface area contributed by atoms with Crippen LogP contribution >= 0.6 is 0 Å². The van der Waals surface area contributed by atoms with Gasteiger partial charge in [-0.15, -0.1) is 0 Å². The quantitative estimate of drug-likeness (QED) is 0.191. The van der Waals surface area contributed by atoms with Crippen molar-refractivity contribution >= 4 is 54.3 Å². The van der Waals surface area contributed by atoms with Gasteiger partial charge in [-0.05, 0) is 96.4 Å². The SMILES string of the molecule is [2H]c1c([2H])c([2H])c(Cc2c3c([2H])c([2H])c([2H])c([2H])c3c(-c3ccc4c(c3)oc3cc(-c5cccc6ccccc56)ccc34)c3c([2H])c([2H])c([2H])c([2H])c23)c([2H])c1[2H]. The minimum absolute atomic E-state index is 0.0212. The fraction of sp³-hybridized carbons (Fsp3) is 0.0233. The second-order valence-electron chi connectivity index (χ2n) is 10.7. The van der Waals surface area contributed by atoms with Gasteiger partial charge < -0.3 is 4.42 Å². The van der Waals surface area contributed by atoms with Crippen LogP contribution < -0.4 is 0 Å². The molecule has 0 aliphatic rings. The van der Waals surface area contributed by atoms with Gasteiger partial charge in [-0.25, -0.2) is 0 Å². The van der Waals surface area contributed by atoms with Gasteiger partial charge in [-0.3, -0.25) is 0 Å². The van der Waals surface area contributed by atoms with Crippen molar-refractivity contribution in [2.45, 2.75) is 6.42 Å². The summed E-state index contributed by atoms with van der Waals surface area (Å²) in [5.74, 6) is 0. The number of fused-ring (bicyclic) bond motifs is 6. The third-order valence-electron chi connectivity index (χ3n) is 8.25. The lowest BCUT2D eigenvalue weighted by atomic mass is 9.86. The Balaban J connectivity index is 1.37. The molecule has 0 aliphatic heterocycles. The van der Waals surface area contributed by atoms with E-state index in [1.54, 1.807) is 12.1 Å². The van der Waals surface area contributed by atoms with E-state index in [0.717, 1.165) is 32.7 Å². The van der Waals surface area contributed by atoms with Crippen LogP contribution in [0.3, 0.4) is 0 Å². The highest BCUT2D eigenvalue weighted by Crippen LogP contribution is 2.42. The zero-order chi connectivity index (χ0) is 40.3. The fourth-order valence-corrected chi connectivity index (χ4v) is 6.29. The molecule has 1 heteroatoms. The third-order valence-corrected chi connectivity index (χ3v) is 8.25. The summed E-state index contributed by atoms with van der Waals surface area (Å²) in [5.41, 5.74) is 3.26. The molecule has 1 aromatic heterocycles. The van der Waals surface area contributed by atoms with Crippen LogP contribution in [0, 0.1) is 0 Å². The molecule has 0 saturated carbocycles. The Bertz CT molecular complexity index is 3140. The Kier molecular flexibility index (Phi) is 3.44. The summed E-state index contributed by atoms with van der Waals surface area (Å²) in [6.07, 6.45) is -0.491. The first kappa shape index (κ1) is 15.2. The predicted molar refractivity (Wildman–Crippen MR) is 186 cm³/mol. The highest BCUT2D eigenvalue weighted by atomic mass is 16.3. The largest absolute Gasteiger partial charge is 0.456 e. The Labute approximate surface area is 273 Å². The lowest BCUT2D eigenvalue weighted by Gasteiger charge is -2.17. The molecule has 0 unspecified atom stereocenters. The summed E-state index contributed by atoms with van der Waals surface area (Å²) < 4.78 is 120. The van der Waals surface area contributed by atoms with E-state index in [1.807, 2.05) is 48.5 Å². The normalized spacial score (nSPS) is 15.9. The first-order valence-electron chi connectivity index (χ1n) is 20.7. The highest BCUT2D eigenvalue weighted by Gasteiger charge is 2.17. The Hall–Kier alpha value is -5.66. The minimum Gasteiger partial charge on any atom is -0.456 e. The zero-order valence-electron chi connectivity index (χ0n) is 36.1. The maximum absolute atomic E-state index is 9.22. The molecule has 206 valence electrons. The van der Waals surface area contributed by atoms with Crippen molar-refractivity contribution in [3.63, 3.8) is 0 Å². The van der Waals surface area contributed by atoms with Crippen LogP contribution in [0.25, 0.3) is 76.5 Å². The Morgan fingerprint density at radius 1 is 0.477 bits per heavy atom. The maximum atomic E-state index is 9.22. The molecule has 0 bridgehead atoms. The maximum Gasteiger partial charge on any atom is 0.136 e. The van der Waals surface area contributed by atoms with Crippen molar-refractivity contribution in [1.82, 2.24) is 0 Å². The van der Waals surface area contributed by atoms with Crippen molar-refractivity contribution in [3.05, 3.63) is 169 Å². The summed E-state index contributed by atoms with van der Waals surface area (Å²) in [5, 5.41) is 3.49. The second-order valence-corrected chi connectivity index (χ2v) is 10.7. The molecule has 1 nitrogen and oxygen atoms in total. The standard InChI is InChI=1S/C43H28O/c1-2-11-28(12-3-1)25-40-34-16-6-8-18-38(34)43(39-19-9-7-17-35(39)40)31-22-24-37-36-23-21-30(26-41(36)44-42(37)27-31)33-20-10-14-29-13-4-5-15-32(29)33/h1-24,26-27H,25H2/i1D,2D,3D,6D,7D,8D,9D,11D,12D,16D,17D,18D,19D. The van der Waals surface area contributed by atoms with Gasteiger partial charge in [0.15, 0.2) is 0 Å². The Morgan fingerprint density at radius 2 is 1.07 bits per heavy atom. The number of hydrogen-bond acceptors (Lipinski definition) is 1. The van der Waals surface area contributed by atoms with Crippen LogP contribution in [0.2, 0.25) is 0 Å². The molecule has 8 aromatic carbocycles. The molecule has 9 aromatic rings. The van der Waals surface area contributed by atoms with Gasteiger partial charge >= 0.3 is 0 Å². The van der Waals surface area contributed by atoms with E-state index in [-0.39, 0.29) is 38.2 Å². The van der Waals surface area contributed by atoms with Crippen molar-refractivity contribution in [3.8, 4) is 22.3 Å². The molecule has 44 heavy (non-hydrogen) atoms. The summed E-state index contributed by atoms with van der Waals surface area (Å²) >= 11 is 0. The van der Waals surface area contributed by atoms with E-state index in [1.165, 1.54) is 0 Å². The van der Waals surface area contributed by atoms with Gasteiger partial charge in [-0.1, -0.05) is 133 Å². The van der Waals surface area contributed by atoms with Gasteiger partial charge in [0.1, 0.15) is 11.2 Å². The van der Waals surface area contributed by atoms with Gasteiger partial charge in [0.05, 0.1) is 17.8 Å². The van der Waals surface area contributed by atoms with Gasteiger partial charge in [-0.2, -0.15) is 0 Å². The summed E-state index contributed by atoms with van der Waals surface area (Å²) in [4.78, 5) is 0. The van der Waals surface area contributed by atoms with Crippen molar-refractivity contribution < 1.29 is 22.2 Å². The first-order valence-corrected chi connectivity index (χ1v) is 14.2. The van der Waals surface area contributed by atoms with Crippen LogP contribution in [0.4, 0.5) is 0 Å². The Morgan fingerprint density at radius 3 is 1.80 bits per heavy atom. The molecule has 0 atom stereocenters. The number of benzene rings is 8. The average Bonchev–Trinajstić information content (AvgIpc) is 3.59.